The highest BCUT2D eigenvalue weighted by atomic mass is 35.5. The summed E-state index contributed by atoms with van der Waals surface area (Å²) >= 11 is 12.3. The summed E-state index contributed by atoms with van der Waals surface area (Å²) in [7, 11) is 1.49. The lowest BCUT2D eigenvalue weighted by Gasteiger charge is -2.15. The fourth-order valence-corrected chi connectivity index (χ4v) is 4.11. The van der Waals surface area contributed by atoms with Crippen LogP contribution in [0, 0.1) is 0 Å². The van der Waals surface area contributed by atoms with Crippen molar-refractivity contribution in [3.05, 3.63) is 110 Å². The molecule has 0 saturated heterocycles. The Morgan fingerprint density at radius 3 is 2.33 bits per heavy atom. The molecule has 172 valence electrons. The van der Waals surface area contributed by atoms with Gasteiger partial charge in [-0.1, -0.05) is 83.0 Å². The van der Waals surface area contributed by atoms with E-state index in [9.17, 15) is 5.11 Å². The second-order valence-electron chi connectivity index (χ2n) is 7.44. The van der Waals surface area contributed by atoms with E-state index in [1.807, 2.05) is 67.6 Å². The van der Waals surface area contributed by atoms with Gasteiger partial charge in [0.25, 0.3) is 0 Å². The van der Waals surface area contributed by atoms with Crippen molar-refractivity contribution in [3.63, 3.8) is 0 Å². The van der Waals surface area contributed by atoms with Gasteiger partial charge >= 0.3 is 0 Å². The summed E-state index contributed by atoms with van der Waals surface area (Å²) in [6.45, 7) is 1.71. The maximum atomic E-state index is 9.71. The number of aliphatic hydroxyl groups excluding tert-OH is 1. The van der Waals surface area contributed by atoms with Gasteiger partial charge in [0.05, 0.1) is 6.61 Å². The van der Waals surface area contributed by atoms with E-state index >= 15 is 0 Å². The Kier molecular flexibility index (Phi) is 8.92. The van der Waals surface area contributed by atoms with E-state index in [2.05, 4.69) is 5.16 Å². The first-order valence-corrected chi connectivity index (χ1v) is 11.2. The minimum atomic E-state index is -0.139. The molecule has 7 heteroatoms. The summed E-state index contributed by atoms with van der Waals surface area (Å²) in [6, 6.07) is 21.0. The average Bonchev–Trinajstić information content (AvgIpc) is 2.83. The number of hydrogen-bond acceptors (Lipinski definition) is 5. The van der Waals surface area contributed by atoms with E-state index in [0.29, 0.717) is 38.2 Å². The highest BCUT2D eigenvalue weighted by Crippen LogP contribution is 2.26. The molecule has 0 aliphatic rings. The molecule has 0 heterocycles. The van der Waals surface area contributed by atoms with Gasteiger partial charge < -0.3 is 14.8 Å². The minimum absolute atomic E-state index is 0.139. The second kappa shape index (κ2) is 11.9. The first kappa shape index (κ1) is 24.8. The van der Waals surface area contributed by atoms with Crippen LogP contribution < -0.4 is 5.90 Å². The van der Waals surface area contributed by atoms with Gasteiger partial charge in [-0.2, -0.15) is 5.90 Å². The Morgan fingerprint density at radius 2 is 1.70 bits per heavy atom. The zero-order valence-corrected chi connectivity index (χ0v) is 20.0. The molecular formula is C26H26Cl2N2O3. The largest absolute Gasteiger partial charge is 0.411 e. The Morgan fingerprint density at radius 1 is 0.970 bits per heavy atom. The lowest BCUT2D eigenvalue weighted by atomic mass is 9.96. The van der Waals surface area contributed by atoms with Crippen LogP contribution in [0.15, 0.2) is 77.5 Å². The van der Waals surface area contributed by atoms with Crippen molar-refractivity contribution in [1.29, 1.82) is 0 Å². The molecule has 0 amide bonds. The fourth-order valence-electron chi connectivity index (χ4n) is 3.60. The third-order valence-corrected chi connectivity index (χ3v) is 5.94. The maximum absolute atomic E-state index is 9.71. The van der Waals surface area contributed by atoms with Crippen molar-refractivity contribution in [3.8, 4) is 0 Å². The number of benzene rings is 3. The number of aliphatic hydroxyl groups is 1. The van der Waals surface area contributed by atoms with Gasteiger partial charge in [0, 0.05) is 26.7 Å². The fraction of sp³-hybridized carbons (Fsp3) is 0.192. The van der Waals surface area contributed by atoms with Crippen LogP contribution in [-0.4, -0.2) is 17.9 Å². The maximum Gasteiger partial charge on any atom is 0.159 e. The van der Waals surface area contributed by atoms with Crippen LogP contribution in [0.25, 0.3) is 5.76 Å². The smallest absolute Gasteiger partial charge is 0.159 e. The van der Waals surface area contributed by atoms with Crippen LogP contribution in [0.3, 0.4) is 0 Å². The number of aryl methyl sites for hydroxylation is 2. The van der Waals surface area contributed by atoms with Gasteiger partial charge in [-0.05, 0) is 48.6 Å². The van der Waals surface area contributed by atoms with Crippen molar-refractivity contribution >= 4 is 34.7 Å². The molecule has 3 aromatic rings. The highest BCUT2D eigenvalue weighted by molar-refractivity contribution is 6.35. The van der Waals surface area contributed by atoms with Gasteiger partial charge in [-0.15, -0.1) is 0 Å². The van der Waals surface area contributed by atoms with Gasteiger partial charge in [-0.25, -0.2) is 0 Å². The van der Waals surface area contributed by atoms with Crippen LogP contribution >= 0.6 is 23.2 Å². The molecule has 5 nitrogen and oxygen atoms in total. The van der Waals surface area contributed by atoms with Crippen LogP contribution in [-0.2, 0) is 29.1 Å². The molecule has 0 aliphatic carbocycles. The number of rotatable bonds is 9. The summed E-state index contributed by atoms with van der Waals surface area (Å²) in [4.78, 5) is 10.3. The SMILES string of the molecule is CON=C(C(C)=C(ON)c1ccccc1CO)c1ccc(CCc2ccc(Cl)cc2Cl)cc1. The Hall–Kier alpha value is -2.83. The summed E-state index contributed by atoms with van der Waals surface area (Å²) < 4.78 is 0. The first-order valence-electron chi connectivity index (χ1n) is 10.4. The predicted octanol–water partition coefficient (Wildman–Crippen LogP) is 5.94. The molecule has 0 atom stereocenters. The van der Waals surface area contributed by atoms with Gasteiger partial charge in [-0.3, -0.25) is 0 Å². The van der Waals surface area contributed by atoms with Crippen molar-refractivity contribution < 1.29 is 14.8 Å². The van der Waals surface area contributed by atoms with Crippen LogP contribution in [0.2, 0.25) is 10.0 Å². The molecule has 0 spiro atoms. The number of allylic oxidation sites excluding steroid dienone is 1. The second-order valence-corrected chi connectivity index (χ2v) is 8.29. The third kappa shape index (κ3) is 6.15. The summed E-state index contributed by atoms with van der Waals surface area (Å²) in [5.41, 5.74) is 5.71. The lowest BCUT2D eigenvalue weighted by molar-refractivity contribution is 0.213. The molecule has 0 bridgehead atoms. The highest BCUT2D eigenvalue weighted by Gasteiger charge is 2.18. The average molecular weight is 485 g/mol. The lowest BCUT2D eigenvalue weighted by Crippen LogP contribution is -2.11. The molecule has 3 rings (SSSR count). The number of nitrogens with zero attached hydrogens (tertiary/aromatic N) is 1. The number of nitrogens with two attached hydrogens (primary N) is 1. The standard InChI is InChI=1S/C26H26Cl2N2O3/c1-17(26(33-29)23-6-4-3-5-21(23)16-31)25(30-32-2)20-11-8-18(9-12-20)7-10-19-13-14-22(27)15-24(19)28/h3-6,8-9,11-15,31H,7,10,16,29H2,1-2H3. The molecule has 0 radical (unpaired) electrons. The predicted molar refractivity (Wildman–Crippen MR) is 134 cm³/mol. The van der Waals surface area contributed by atoms with E-state index in [4.69, 9.17) is 38.8 Å². The Balaban J connectivity index is 1.87. The first-order chi connectivity index (χ1) is 16.0. The van der Waals surface area contributed by atoms with E-state index in [1.54, 1.807) is 6.07 Å². The van der Waals surface area contributed by atoms with E-state index in [0.717, 1.165) is 29.5 Å². The monoisotopic (exact) mass is 484 g/mol. The summed E-state index contributed by atoms with van der Waals surface area (Å²) in [6.07, 6.45) is 1.63. The van der Waals surface area contributed by atoms with Crippen molar-refractivity contribution in [2.24, 2.45) is 11.1 Å². The summed E-state index contributed by atoms with van der Waals surface area (Å²) in [5, 5.41) is 15.2. The zero-order chi connectivity index (χ0) is 23.8. The van der Waals surface area contributed by atoms with E-state index < -0.39 is 0 Å². The molecule has 0 fully saturated rings. The number of hydrogen-bond donors (Lipinski definition) is 2. The molecule has 3 N–H and O–H groups in total. The molecule has 0 unspecified atom stereocenters. The van der Waals surface area contributed by atoms with Gasteiger partial charge in [0.1, 0.15) is 12.8 Å². The van der Waals surface area contributed by atoms with Crippen LogP contribution in [0.4, 0.5) is 0 Å². The number of halogens is 2. The molecule has 0 aromatic heterocycles. The van der Waals surface area contributed by atoms with Crippen molar-refractivity contribution in [2.45, 2.75) is 26.4 Å². The Bertz CT molecular complexity index is 1160. The van der Waals surface area contributed by atoms with Crippen LogP contribution in [0.5, 0.6) is 0 Å². The zero-order valence-electron chi connectivity index (χ0n) is 18.5. The van der Waals surface area contributed by atoms with Crippen molar-refractivity contribution in [1.82, 2.24) is 0 Å². The molecule has 3 aromatic carbocycles. The Labute approximate surface area is 204 Å². The van der Waals surface area contributed by atoms with Gasteiger partial charge in [0.15, 0.2) is 5.76 Å². The quantitative estimate of drug-likeness (QED) is 0.223. The molecule has 0 aliphatic heterocycles. The van der Waals surface area contributed by atoms with E-state index in [1.165, 1.54) is 7.11 Å². The third-order valence-electron chi connectivity index (χ3n) is 5.35. The normalized spacial score (nSPS) is 12.4. The molecular weight excluding hydrogens is 459 g/mol. The van der Waals surface area contributed by atoms with Gasteiger partial charge in [0.2, 0.25) is 0 Å². The molecule has 33 heavy (non-hydrogen) atoms. The van der Waals surface area contributed by atoms with Crippen molar-refractivity contribution in [2.75, 3.05) is 7.11 Å². The minimum Gasteiger partial charge on any atom is -0.411 e. The number of oxime groups is 1. The van der Waals surface area contributed by atoms with E-state index in [-0.39, 0.29) is 6.61 Å². The topological polar surface area (TPSA) is 77.1 Å². The summed E-state index contributed by atoms with van der Waals surface area (Å²) in [5.74, 6) is 6.04. The van der Waals surface area contributed by atoms with Crippen LogP contribution in [0.1, 0.15) is 34.7 Å². The molecule has 0 saturated carbocycles.